The molecule has 7 rings (SSSR count). The second-order valence-corrected chi connectivity index (χ2v) is 20.2. The minimum Gasteiger partial charge on any atom is -0.444 e. The highest BCUT2D eigenvalue weighted by Crippen LogP contribution is 2.50. The molecule has 5 aliphatic rings. The maximum Gasteiger partial charge on any atom is 0.410 e. The Morgan fingerprint density at radius 2 is 1.66 bits per heavy atom. The highest BCUT2D eigenvalue weighted by molar-refractivity contribution is 7.91. The molecule has 314 valence electrons. The van der Waals surface area contributed by atoms with Crippen molar-refractivity contribution in [3.63, 3.8) is 0 Å². The number of nitrogens with one attached hydrogen (secondary N) is 3. The summed E-state index contributed by atoms with van der Waals surface area (Å²) in [5, 5.41) is 6.18. The van der Waals surface area contributed by atoms with Crippen LogP contribution in [0.2, 0.25) is 5.02 Å². The Hall–Kier alpha value is -4.37. The van der Waals surface area contributed by atoms with E-state index in [1.807, 2.05) is 42.5 Å². The molecule has 16 heteroatoms. The number of rotatable bonds is 7. The molecule has 58 heavy (non-hydrogen) atoms. The van der Waals surface area contributed by atoms with E-state index in [9.17, 15) is 32.4 Å². The fourth-order valence-corrected chi connectivity index (χ4v) is 10.6. The SMILES string of the molecule is CC(C)(C)OC(=O)N[C@H]1CCCCCCC[C@@H]2C[C@@]2(C(=O)NS(=O)(=O)C2(Cc3ccccc3)CC2)NC(=O)[C@@H]2C[C@@H](OC(=O)N3Cc4cccc(Cl)c4C3)CN2C1=O. The number of carbonyl (C=O) groups is 5. The van der Waals surface area contributed by atoms with Crippen LogP contribution in [-0.2, 0) is 53.4 Å². The van der Waals surface area contributed by atoms with Gasteiger partial charge in [-0.2, -0.15) is 0 Å². The number of amides is 5. The average molecular weight is 840 g/mol. The van der Waals surface area contributed by atoms with Gasteiger partial charge < -0.3 is 25.0 Å². The zero-order valence-electron chi connectivity index (χ0n) is 33.4. The lowest BCUT2D eigenvalue weighted by molar-refractivity contribution is -0.141. The number of fused-ring (bicyclic) bond motifs is 3. The van der Waals surface area contributed by atoms with Gasteiger partial charge in [-0.25, -0.2) is 18.0 Å². The first-order valence-corrected chi connectivity index (χ1v) is 22.3. The quantitative estimate of drug-likeness (QED) is 0.325. The number of alkyl carbamates (subject to hydrolysis) is 1. The van der Waals surface area contributed by atoms with Crippen LogP contribution in [-0.4, -0.2) is 88.7 Å². The Morgan fingerprint density at radius 3 is 2.34 bits per heavy atom. The molecule has 0 bridgehead atoms. The topological polar surface area (TPSA) is 181 Å². The summed E-state index contributed by atoms with van der Waals surface area (Å²) in [7, 11) is -4.14. The van der Waals surface area contributed by atoms with E-state index in [1.165, 1.54) is 9.80 Å². The van der Waals surface area contributed by atoms with E-state index >= 15 is 0 Å². The van der Waals surface area contributed by atoms with E-state index < -0.39 is 74.0 Å². The molecular formula is C42H54ClN5O9S. The molecular weight excluding hydrogens is 786 g/mol. The fourth-order valence-electron chi connectivity index (χ4n) is 8.72. The molecule has 2 aromatic carbocycles. The van der Waals surface area contributed by atoms with E-state index in [-0.39, 0.29) is 51.2 Å². The van der Waals surface area contributed by atoms with Gasteiger partial charge in [0.25, 0.3) is 5.91 Å². The lowest BCUT2D eigenvalue weighted by Crippen LogP contribution is -2.59. The van der Waals surface area contributed by atoms with E-state index in [0.717, 1.165) is 42.4 Å². The van der Waals surface area contributed by atoms with Gasteiger partial charge in [-0.05, 0) is 88.0 Å². The van der Waals surface area contributed by atoms with E-state index in [1.54, 1.807) is 26.8 Å². The number of hydrogen-bond donors (Lipinski definition) is 3. The minimum atomic E-state index is -4.14. The summed E-state index contributed by atoms with van der Waals surface area (Å²) >= 11 is 6.39. The zero-order valence-corrected chi connectivity index (χ0v) is 35.0. The van der Waals surface area contributed by atoms with Crippen LogP contribution in [0.4, 0.5) is 9.59 Å². The largest absolute Gasteiger partial charge is 0.444 e. The molecule has 5 amide bonds. The number of benzene rings is 2. The molecule has 3 aliphatic heterocycles. The standard InChI is InChI=1S/C42H54ClN5O9S/c1-40(2,3)57-38(52)44-33-18-11-6-4-5-10-16-29-23-42(29,37(51)46-58(54,55)41(19-20-41)22-27-13-8-7-9-14-27)45-35(49)34-21-30(25-48(34)36(33)50)56-39(53)47-24-28-15-12-17-32(43)31(28)26-47/h7-9,12-15,17,29-30,33-34H,4-6,10-11,16,18-26H2,1-3H3,(H,44,52)(H,45,49)(H,46,51)/t29-,30-,33+,34+,42-/m1/s1. The summed E-state index contributed by atoms with van der Waals surface area (Å²) in [5.74, 6) is -2.32. The number of carbonyl (C=O) groups excluding carboxylic acids is 5. The van der Waals surface area contributed by atoms with Crippen molar-refractivity contribution in [1.29, 1.82) is 0 Å². The summed E-state index contributed by atoms with van der Waals surface area (Å²) in [6.07, 6.45) is 3.64. The third-order valence-corrected chi connectivity index (χ3v) is 14.7. The molecule has 0 radical (unpaired) electrons. The first kappa shape index (κ1) is 41.8. The molecule has 2 saturated heterocycles. The maximum absolute atomic E-state index is 14.5. The molecule has 14 nitrogen and oxygen atoms in total. The highest BCUT2D eigenvalue weighted by Gasteiger charge is 2.64. The summed E-state index contributed by atoms with van der Waals surface area (Å²) in [4.78, 5) is 72.6. The van der Waals surface area contributed by atoms with Gasteiger partial charge in [0.05, 0.1) is 17.8 Å². The van der Waals surface area contributed by atoms with Gasteiger partial charge in [-0.15, -0.1) is 0 Å². The summed E-state index contributed by atoms with van der Waals surface area (Å²) in [6.45, 7) is 5.53. The average Bonchev–Trinajstić information content (AvgIpc) is 3.98. The molecule has 2 aliphatic carbocycles. The van der Waals surface area contributed by atoms with Crippen LogP contribution in [0.25, 0.3) is 0 Å². The number of sulfonamides is 1. The number of nitrogens with zero attached hydrogens (tertiary/aromatic N) is 2. The molecule has 0 unspecified atom stereocenters. The van der Waals surface area contributed by atoms with E-state index in [2.05, 4.69) is 15.4 Å². The Morgan fingerprint density at radius 1 is 0.948 bits per heavy atom. The van der Waals surface area contributed by atoms with Crippen molar-refractivity contribution >= 4 is 51.5 Å². The van der Waals surface area contributed by atoms with Crippen molar-refractivity contribution < 1.29 is 41.9 Å². The third kappa shape index (κ3) is 9.10. The number of ether oxygens (including phenoxy) is 2. The molecule has 3 N–H and O–H groups in total. The monoisotopic (exact) mass is 839 g/mol. The number of hydrogen-bond acceptors (Lipinski definition) is 9. The summed E-state index contributed by atoms with van der Waals surface area (Å²) < 4.78 is 40.5. The van der Waals surface area contributed by atoms with Crippen molar-refractivity contribution in [2.45, 2.75) is 145 Å². The second-order valence-electron chi connectivity index (χ2n) is 17.7. The molecule has 3 heterocycles. The van der Waals surface area contributed by atoms with Gasteiger partial charge in [0.15, 0.2) is 0 Å². The van der Waals surface area contributed by atoms with Crippen molar-refractivity contribution in [2.24, 2.45) is 5.92 Å². The van der Waals surface area contributed by atoms with Gasteiger partial charge in [0.1, 0.15) is 29.3 Å². The number of halogens is 1. The highest BCUT2D eigenvalue weighted by atomic mass is 35.5. The molecule has 2 aromatic rings. The lowest BCUT2D eigenvalue weighted by atomic mass is 10.0. The third-order valence-electron chi connectivity index (χ3n) is 12.2. The molecule has 5 atom stereocenters. The fraction of sp³-hybridized carbons (Fsp3) is 0.595. The van der Waals surface area contributed by atoms with Crippen LogP contribution in [0.1, 0.15) is 108 Å². The van der Waals surface area contributed by atoms with E-state index in [4.69, 9.17) is 21.1 Å². The smallest absolute Gasteiger partial charge is 0.410 e. The summed E-state index contributed by atoms with van der Waals surface area (Å²) in [6, 6.07) is 12.5. The van der Waals surface area contributed by atoms with Crippen LogP contribution in [0, 0.1) is 5.92 Å². The summed E-state index contributed by atoms with van der Waals surface area (Å²) in [5.41, 5.74) is 0.229. The van der Waals surface area contributed by atoms with Crippen LogP contribution < -0.4 is 15.4 Å². The van der Waals surface area contributed by atoms with Crippen LogP contribution in [0.5, 0.6) is 0 Å². The normalized spacial score (nSPS) is 27.1. The van der Waals surface area contributed by atoms with Crippen LogP contribution >= 0.6 is 11.6 Å². The molecule has 0 spiro atoms. The predicted octanol–water partition coefficient (Wildman–Crippen LogP) is 5.50. The maximum atomic E-state index is 14.5. The lowest BCUT2D eigenvalue weighted by Gasteiger charge is -2.30. The van der Waals surface area contributed by atoms with Gasteiger partial charge in [-0.1, -0.05) is 86.2 Å². The second kappa shape index (κ2) is 16.4. The van der Waals surface area contributed by atoms with Crippen LogP contribution in [0.15, 0.2) is 48.5 Å². The Balaban J connectivity index is 1.13. The first-order chi connectivity index (χ1) is 27.5. The Labute approximate surface area is 345 Å². The van der Waals surface area contributed by atoms with Crippen molar-refractivity contribution in [1.82, 2.24) is 25.2 Å². The zero-order chi connectivity index (χ0) is 41.5. The molecule has 0 aromatic heterocycles. The Kier molecular flexibility index (Phi) is 11.8. The van der Waals surface area contributed by atoms with Gasteiger partial charge in [0.2, 0.25) is 21.8 Å². The first-order valence-electron chi connectivity index (χ1n) is 20.4. The van der Waals surface area contributed by atoms with Gasteiger partial charge in [-0.3, -0.25) is 24.0 Å². The van der Waals surface area contributed by atoms with Gasteiger partial charge >= 0.3 is 12.2 Å². The Bertz CT molecular complexity index is 2040. The molecule has 2 saturated carbocycles. The van der Waals surface area contributed by atoms with Crippen molar-refractivity contribution in [3.05, 3.63) is 70.2 Å². The van der Waals surface area contributed by atoms with Crippen molar-refractivity contribution in [3.8, 4) is 0 Å². The van der Waals surface area contributed by atoms with Gasteiger partial charge in [0, 0.05) is 18.0 Å². The molecule has 4 fully saturated rings. The minimum absolute atomic E-state index is 0.0785. The van der Waals surface area contributed by atoms with E-state index in [0.29, 0.717) is 30.7 Å². The predicted molar refractivity (Wildman–Crippen MR) is 215 cm³/mol. The van der Waals surface area contributed by atoms with Crippen molar-refractivity contribution in [2.75, 3.05) is 6.54 Å². The van der Waals surface area contributed by atoms with Crippen LogP contribution in [0.3, 0.4) is 0 Å².